The number of sulfonamides is 1. The third-order valence-electron chi connectivity index (χ3n) is 6.45. The Labute approximate surface area is 221 Å². The maximum absolute atomic E-state index is 15.1. The van der Waals surface area contributed by atoms with Crippen molar-refractivity contribution >= 4 is 27.3 Å². The van der Waals surface area contributed by atoms with Gasteiger partial charge < -0.3 is 5.32 Å². The summed E-state index contributed by atoms with van der Waals surface area (Å²) in [5.74, 6) is -2.24. The Hall–Kier alpha value is -2.83. The number of thiophene rings is 1. The number of aryl methyl sites for hydroxylation is 2. The molecule has 1 atom stereocenters. The van der Waals surface area contributed by atoms with Gasteiger partial charge in [0, 0.05) is 29.1 Å². The zero-order valence-electron chi connectivity index (χ0n) is 20.3. The van der Waals surface area contributed by atoms with Crippen molar-refractivity contribution in [1.82, 2.24) is 9.62 Å². The first-order chi connectivity index (χ1) is 17.9. The number of rotatable bonds is 8. The molecule has 3 aromatic rings. The van der Waals surface area contributed by atoms with Gasteiger partial charge in [0.2, 0.25) is 5.91 Å². The summed E-state index contributed by atoms with van der Waals surface area (Å²) in [7, 11) is -3.86. The zero-order valence-corrected chi connectivity index (χ0v) is 22.0. The molecule has 1 aliphatic heterocycles. The molecule has 0 bridgehead atoms. The number of carbonyl (C=O) groups is 1. The fraction of sp³-hybridized carbons (Fsp3) is 0.346. The van der Waals surface area contributed by atoms with Crippen LogP contribution in [0.5, 0.6) is 0 Å². The molecule has 1 amide bonds. The van der Waals surface area contributed by atoms with Gasteiger partial charge in [-0.15, -0.1) is 11.3 Å². The molecule has 204 valence electrons. The van der Waals surface area contributed by atoms with Gasteiger partial charge in [0.25, 0.3) is 10.0 Å². The van der Waals surface area contributed by atoms with E-state index in [1.165, 1.54) is 24.3 Å². The number of alkyl halides is 3. The highest BCUT2D eigenvalue weighted by atomic mass is 32.2. The maximum atomic E-state index is 15.1. The highest BCUT2D eigenvalue weighted by Crippen LogP contribution is 2.31. The molecule has 1 fully saturated rings. The van der Waals surface area contributed by atoms with Gasteiger partial charge in [0.1, 0.15) is 21.9 Å². The summed E-state index contributed by atoms with van der Waals surface area (Å²) >= 11 is 1.12. The van der Waals surface area contributed by atoms with E-state index in [0.717, 1.165) is 38.7 Å². The van der Waals surface area contributed by atoms with E-state index >= 15 is 4.39 Å². The number of halogens is 5. The molecule has 5 nitrogen and oxygen atoms in total. The Morgan fingerprint density at radius 1 is 1.05 bits per heavy atom. The number of nitrogens with one attached hydrogen (secondary N) is 1. The molecule has 2 heterocycles. The molecule has 0 aliphatic carbocycles. The quantitative estimate of drug-likeness (QED) is 0.357. The number of hydrogen-bond donors (Lipinski definition) is 1. The lowest BCUT2D eigenvalue weighted by Crippen LogP contribution is -2.45. The second kappa shape index (κ2) is 11.1. The van der Waals surface area contributed by atoms with Crippen molar-refractivity contribution in [2.75, 3.05) is 6.54 Å². The molecule has 0 saturated carbocycles. The molecule has 0 radical (unpaired) electrons. The minimum absolute atomic E-state index is 0.0171. The van der Waals surface area contributed by atoms with Crippen molar-refractivity contribution in [3.63, 3.8) is 0 Å². The predicted octanol–water partition coefficient (Wildman–Crippen LogP) is 5.61. The van der Waals surface area contributed by atoms with Crippen LogP contribution in [0.3, 0.4) is 0 Å². The second-order valence-electron chi connectivity index (χ2n) is 9.05. The summed E-state index contributed by atoms with van der Waals surface area (Å²) in [5, 5.41) is 2.57. The summed E-state index contributed by atoms with van der Waals surface area (Å²) in [6.45, 7) is 1.70. The topological polar surface area (TPSA) is 66.5 Å². The molecule has 38 heavy (non-hydrogen) atoms. The lowest BCUT2D eigenvalue weighted by molar-refractivity contribution is -0.137. The van der Waals surface area contributed by atoms with Crippen molar-refractivity contribution in [3.05, 3.63) is 87.3 Å². The molecule has 4 rings (SSSR count). The summed E-state index contributed by atoms with van der Waals surface area (Å²) in [6, 6.07) is 8.88. The third-order valence-corrected chi connectivity index (χ3v) is 9.83. The molecule has 1 aliphatic rings. The maximum Gasteiger partial charge on any atom is 0.416 e. The van der Waals surface area contributed by atoms with Crippen molar-refractivity contribution in [2.24, 2.45) is 0 Å². The SMILES string of the molecule is Cc1ccc(S(=O)(=O)N2CCCC2C(=O)NCc2ccc(F)c(CCc3ccc(C(F)(F)F)cc3)c2F)s1. The van der Waals surface area contributed by atoms with Crippen LogP contribution in [0.15, 0.2) is 52.7 Å². The summed E-state index contributed by atoms with van der Waals surface area (Å²) in [4.78, 5) is 13.7. The molecule has 12 heteroatoms. The van der Waals surface area contributed by atoms with Gasteiger partial charge in [-0.05, 0) is 68.5 Å². The Bertz CT molecular complexity index is 1420. The Kier molecular flexibility index (Phi) is 8.24. The van der Waals surface area contributed by atoms with Gasteiger partial charge in [0.15, 0.2) is 0 Å². The normalized spacial score (nSPS) is 16.6. The Balaban J connectivity index is 1.42. The number of amides is 1. The van der Waals surface area contributed by atoms with Crippen molar-refractivity contribution < 1.29 is 35.2 Å². The lowest BCUT2D eigenvalue weighted by Gasteiger charge is -2.23. The van der Waals surface area contributed by atoms with E-state index in [4.69, 9.17) is 0 Å². The van der Waals surface area contributed by atoms with Gasteiger partial charge >= 0.3 is 6.18 Å². The van der Waals surface area contributed by atoms with Crippen LogP contribution in [-0.2, 0) is 40.4 Å². The third kappa shape index (κ3) is 6.08. The first-order valence-electron chi connectivity index (χ1n) is 11.9. The van der Waals surface area contributed by atoms with E-state index in [2.05, 4.69) is 5.32 Å². The van der Waals surface area contributed by atoms with E-state index in [-0.39, 0.29) is 41.3 Å². The summed E-state index contributed by atoms with van der Waals surface area (Å²) < 4.78 is 95.1. The van der Waals surface area contributed by atoms with Crippen LogP contribution < -0.4 is 5.32 Å². The molecule has 1 saturated heterocycles. The molecular formula is C26H25F5N2O3S2. The molecule has 1 N–H and O–H groups in total. The Morgan fingerprint density at radius 3 is 2.39 bits per heavy atom. The monoisotopic (exact) mass is 572 g/mol. The van der Waals surface area contributed by atoms with Crippen LogP contribution in [0, 0.1) is 18.6 Å². The van der Waals surface area contributed by atoms with Gasteiger partial charge in [-0.1, -0.05) is 18.2 Å². The molecule has 1 aromatic heterocycles. The summed E-state index contributed by atoms with van der Waals surface area (Å²) in [6.07, 6.45) is -3.64. The minimum atomic E-state index is -4.47. The zero-order chi connectivity index (χ0) is 27.7. The summed E-state index contributed by atoms with van der Waals surface area (Å²) in [5.41, 5.74) is -0.548. The average Bonchev–Trinajstić information content (AvgIpc) is 3.53. The van der Waals surface area contributed by atoms with Gasteiger partial charge in [-0.2, -0.15) is 17.5 Å². The molecule has 0 spiro atoms. The number of benzene rings is 2. The van der Waals surface area contributed by atoms with Crippen molar-refractivity contribution in [3.8, 4) is 0 Å². The fourth-order valence-electron chi connectivity index (χ4n) is 4.40. The number of carbonyl (C=O) groups excluding carboxylic acids is 1. The fourth-order valence-corrected chi connectivity index (χ4v) is 7.47. The van der Waals surface area contributed by atoms with Crippen LogP contribution in [-0.4, -0.2) is 31.2 Å². The standard InChI is InChI=1S/C26H25F5N2O3S2/c1-16-4-13-23(37-16)38(35,36)33-14-2-3-22(33)25(34)32-15-18-8-12-21(27)20(24(18)28)11-7-17-5-9-19(10-6-17)26(29,30)31/h4-6,8-10,12-13,22H,2-3,7,11,14-15H2,1H3,(H,32,34). The van der Waals surface area contributed by atoms with Gasteiger partial charge in [-0.25, -0.2) is 17.2 Å². The highest BCUT2D eigenvalue weighted by Gasteiger charge is 2.40. The van der Waals surface area contributed by atoms with Crippen molar-refractivity contribution in [1.29, 1.82) is 0 Å². The average molecular weight is 573 g/mol. The highest BCUT2D eigenvalue weighted by molar-refractivity contribution is 7.91. The predicted molar refractivity (Wildman–Crippen MR) is 133 cm³/mol. The molecular weight excluding hydrogens is 547 g/mol. The van der Waals surface area contributed by atoms with Crippen LogP contribution in [0.25, 0.3) is 0 Å². The largest absolute Gasteiger partial charge is 0.416 e. The second-order valence-corrected chi connectivity index (χ2v) is 12.5. The van der Waals surface area contributed by atoms with Gasteiger partial charge in [-0.3, -0.25) is 4.79 Å². The minimum Gasteiger partial charge on any atom is -0.351 e. The smallest absolute Gasteiger partial charge is 0.351 e. The van der Waals surface area contributed by atoms with E-state index < -0.39 is 45.3 Å². The first kappa shape index (κ1) is 28.2. The first-order valence-corrected chi connectivity index (χ1v) is 14.1. The van der Waals surface area contributed by atoms with Crippen molar-refractivity contribution in [2.45, 2.75) is 55.6 Å². The number of hydrogen-bond acceptors (Lipinski definition) is 4. The van der Waals surface area contributed by atoms with Crippen LogP contribution >= 0.6 is 11.3 Å². The van der Waals surface area contributed by atoms with E-state index in [9.17, 15) is 30.8 Å². The molecule has 2 aromatic carbocycles. The van der Waals surface area contributed by atoms with Crippen LogP contribution in [0.2, 0.25) is 0 Å². The van der Waals surface area contributed by atoms with Crippen LogP contribution in [0.1, 0.15) is 40.0 Å². The van der Waals surface area contributed by atoms with E-state index in [1.807, 2.05) is 0 Å². The number of nitrogens with zero attached hydrogens (tertiary/aromatic N) is 1. The van der Waals surface area contributed by atoms with E-state index in [1.54, 1.807) is 13.0 Å². The van der Waals surface area contributed by atoms with Gasteiger partial charge in [0.05, 0.1) is 5.56 Å². The Morgan fingerprint density at radius 2 is 1.76 bits per heavy atom. The molecule has 1 unspecified atom stereocenters. The van der Waals surface area contributed by atoms with Crippen LogP contribution in [0.4, 0.5) is 22.0 Å². The lowest BCUT2D eigenvalue weighted by atomic mass is 10.00. The van der Waals surface area contributed by atoms with E-state index in [0.29, 0.717) is 18.4 Å².